The van der Waals surface area contributed by atoms with Gasteiger partial charge in [-0.05, 0) is 24.3 Å². The van der Waals surface area contributed by atoms with Gasteiger partial charge < -0.3 is 9.84 Å². The zero-order valence-electron chi connectivity index (χ0n) is 9.80. The number of hydrogen-bond acceptors (Lipinski definition) is 2. The van der Waals surface area contributed by atoms with Crippen molar-refractivity contribution in [3.05, 3.63) is 35.9 Å². The van der Waals surface area contributed by atoms with Crippen LogP contribution in [0.5, 0.6) is 0 Å². The molecular formula is C14H20O2. The van der Waals surface area contributed by atoms with Crippen molar-refractivity contribution in [3.8, 4) is 0 Å². The van der Waals surface area contributed by atoms with E-state index in [0.29, 0.717) is 5.92 Å². The maximum atomic E-state index is 10.3. The monoisotopic (exact) mass is 220 g/mol. The van der Waals surface area contributed by atoms with Gasteiger partial charge in [-0.2, -0.15) is 0 Å². The van der Waals surface area contributed by atoms with Crippen LogP contribution in [-0.4, -0.2) is 18.3 Å². The third-order valence-corrected chi connectivity index (χ3v) is 3.58. The SMILES string of the molecule is COC(c1ccccc1)C(O)C1CCCC1. The zero-order chi connectivity index (χ0) is 11.4. The fourth-order valence-corrected chi connectivity index (χ4v) is 2.66. The third-order valence-electron chi connectivity index (χ3n) is 3.58. The van der Waals surface area contributed by atoms with Crippen LogP contribution < -0.4 is 0 Å². The summed E-state index contributed by atoms with van der Waals surface area (Å²) in [4.78, 5) is 0. The molecule has 1 N–H and O–H groups in total. The molecule has 0 bridgehead atoms. The van der Waals surface area contributed by atoms with Crippen LogP contribution in [0.25, 0.3) is 0 Å². The Morgan fingerprint density at radius 1 is 1.19 bits per heavy atom. The summed E-state index contributed by atoms with van der Waals surface area (Å²) in [6.45, 7) is 0. The maximum absolute atomic E-state index is 10.3. The average Bonchev–Trinajstić information content (AvgIpc) is 2.85. The van der Waals surface area contributed by atoms with Crippen LogP contribution in [-0.2, 0) is 4.74 Å². The molecule has 1 aromatic rings. The average molecular weight is 220 g/mol. The van der Waals surface area contributed by atoms with Gasteiger partial charge in [0.2, 0.25) is 0 Å². The van der Waals surface area contributed by atoms with Gasteiger partial charge in [-0.1, -0.05) is 43.2 Å². The fourth-order valence-electron chi connectivity index (χ4n) is 2.66. The van der Waals surface area contributed by atoms with Gasteiger partial charge in [0.15, 0.2) is 0 Å². The summed E-state index contributed by atoms with van der Waals surface area (Å²) in [6, 6.07) is 10.0. The van der Waals surface area contributed by atoms with Crippen LogP contribution in [0.1, 0.15) is 37.4 Å². The number of aliphatic hydroxyl groups is 1. The predicted molar refractivity (Wildman–Crippen MR) is 64.2 cm³/mol. The summed E-state index contributed by atoms with van der Waals surface area (Å²) in [5.74, 6) is 0.408. The highest BCUT2D eigenvalue weighted by atomic mass is 16.5. The summed E-state index contributed by atoms with van der Waals surface area (Å²) in [5.41, 5.74) is 1.07. The van der Waals surface area contributed by atoms with Gasteiger partial charge in [0.1, 0.15) is 6.10 Å². The van der Waals surface area contributed by atoms with E-state index in [1.165, 1.54) is 12.8 Å². The maximum Gasteiger partial charge on any atom is 0.108 e. The van der Waals surface area contributed by atoms with E-state index in [2.05, 4.69) is 0 Å². The van der Waals surface area contributed by atoms with Crippen molar-refractivity contribution in [1.82, 2.24) is 0 Å². The first-order chi connectivity index (χ1) is 7.83. The molecule has 0 aromatic heterocycles. The Hall–Kier alpha value is -0.860. The van der Waals surface area contributed by atoms with Crippen molar-refractivity contribution >= 4 is 0 Å². The first kappa shape index (κ1) is 11.6. The molecule has 1 aliphatic rings. The molecule has 0 heterocycles. The van der Waals surface area contributed by atoms with Crippen molar-refractivity contribution in [1.29, 1.82) is 0 Å². The van der Waals surface area contributed by atoms with Crippen LogP contribution in [0.15, 0.2) is 30.3 Å². The lowest BCUT2D eigenvalue weighted by atomic mass is 9.92. The van der Waals surface area contributed by atoms with Crippen LogP contribution in [0.2, 0.25) is 0 Å². The molecule has 16 heavy (non-hydrogen) atoms. The first-order valence-electron chi connectivity index (χ1n) is 6.08. The Kier molecular flexibility index (Phi) is 3.97. The van der Waals surface area contributed by atoms with Crippen LogP contribution in [0.3, 0.4) is 0 Å². The molecule has 0 spiro atoms. The molecule has 2 nitrogen and oxygen atoms in total. The third kappa shape index (κ3) is 2.45. The standard InChI is InChI=1S/C14H20O2/c1-16-14(12-9-3-2-4-10-12)13(15)11-7-5-6-8-11/h2-4,9-11,13-15H,5-8H2,1H3. The number of methoxy groups -OCH3 is 1. The topological polar surface area (TPSA) is 29.5 Å². The second-order valence-electron chi connectivity index (χ2n) is 4.60. The molecule has 1 aromatic carbocycles. The van der Waals surface area contributed by atoms with E-state index in [9.17, 15) is 5.11 Å². The van der Waals surface area contributed by atoms with E-state index in [0.717, 1.165) is 18.4 Å². The van der Waals surface area contributed by atoms with Crippen molar-refractivity contribution in [2.75, 3.05) is 7.11 Å². The molecular weight excluding hydrogens is 200 g/mol. The Morgan fingerprint density at radius 2 is 1.81 bits per heavy atom. The van der Waals surface area contributed by atoms with Crippen LogP contribution in [0.4, 0.5) is 0 Å². The predicted octanol–water partition coefficient (Wildman–Crippen LogP) is 2.93. The number of aliphatic hydroxyl groups excluding tert-OH is 1. The number of hydrogen-bond donors (Lipinski definition) is 1. The van der Waals surface area contributed by atoms with Gasteiger partial charge in [-0.3, -0.25) is 0 Å². The first-order valence-corrected chi connectivity index (χ1v) is 6.08. The van der Waals surface area contributed by atoms with Crippen LogP contribution in [0, 0.1) is 5.92 Å². The largest absolute Gasteiger partial charge is 0.390 e. The van der Waals surface area contributed by atoms with E-state index in [-0.39, 0.29) is 12.2 Å². The molecule has 0 saturated heterocycles. The second-order valence-corrected chi connectivity index (χ2v) is 4.60. The molecule has 0 aliphatic heterocycles. The summed E-state index contributed by atoms with van der Waals surface area (Å²) < 4.78 is 5.46. The van der Waals surface area contributed by atoms with E-state index < -0.39 is 0 Å². The van der Waals surface area contributed by atoms with Crippen molar-refractivity contribution in [2.24, 2.45) is 5.92 Å². The molecule has 2 rings (SSSR count). The molecule has 2 heteroatoms. The van der Waals surface area contributed by atoms with Gasteiger partial charge in [0, 0.05) is 7.11 Å². The van der Waals surface area contributed by atoms with Crippen molar-refractivity contribution in [2.45, 2.75) is 37.9 Å². The van der Waals surface area contributed by atoms with Crippen molar-refractivity contribution < 1.29 is 9.84 Å². The van der Waals surface area contributed by atoms with Gasteiger partial charge in [-0.25, -0.2) is 0 Å². The lowest BCUT2D eigenvalue weighted by molar-refractivity contribution is -0.0421. The lowest BCUT2D eigenvalue weighted by Crippen LogP contribution is -2.27. The highest BCUT2D eigenvalue weighted by molar-refractivity contribution is 5.19. The smallest absolute Gasteiger partial charge is 0.108 e. The van der Waals surface area contributed by atoms with E-state index in [1.807, 2.05) is 30.3 Å². The quantitative estimate of drug-likeness (QED) is 0.845. The number of ether oxygens (including phenoxy) is 1. The molecule has 1 fully saturated rings. The minimum atomic E-state index is -0.366. The molecule has 2 unspecified atom stereocenters. The van der Waals surface area contributed by atoms with E-state index in [4.69, 9.17) is 4.74 Å². The second kappa shape index (κ2) is 5.46. The zero-order valence-corrected chi connectivity index (χ0v) is 9.80. The summed E-state index contributed by atoms with van der Waals surface area (Å²) in [6.07, 6.45) is 4.21. The normalized spacial score (nSPS) is 20.9. The summed E-state index contributed by atoms with van der Waals surface area (Å²) in [7, 11) is 1.68. The van der Waals surface area contributed by atoms with E-state index >= 15 is 0 Å². The Labute approximate surface area is 97.3 Å². The Bertz CT molecular complexity index is 304. The minimum absolute atomic E-state index is 0.177. The van der Waals surface area contributed by atoms with E-state index in [1.54, 1.807) is 7.11 Å². The summed E-state index contributed by atoms with van der Waals surface area (Å²) >= 11 is 0. The van der Waals surface area contributed by atoms with Gasteiger partial charge in [0.25, 0.3) is 0 Å². The Balaban J connectivity index is 2.09. The molecule has 0 radical (unpaired) electrons. The van der Waals surface area contributed by atoms with Crippen molar-refractivity contribution in [3.63, 3.8) is 0 Å². The molecule has 2 atom stereocenters. The minimum Gasteiger partial charge on any atom is -0.390 e. The van der Waals surface area contributed by atoms with Crippen LogP contribution >= 0.6 is 0 Å². The lowest BCUT2D eigenvalue weighted by Gasteiger charge is -2.26. The van der Waals surface area contributed by atoms with Gasteiger partial charge >= 0.3 is 0 Å². The van der Waals surface area contributed by atoms with Gasteiger partial charge in [-0.15, -0.1) is 0 Å². The number of benzene rings is 1. The molecule has 88 valence electrons. The number of rotatable bonds is 4. The summed E-state index contributed by atoms with van der Waals surface area (Å²) in [5, 5.41) is 10.3. The highest BCUT2D eigenvalue weighted by Gasteiger charge is 2.30. The molecule has 0 amide bonds. The highest BCUT2D eigenvalue weighted by Crippen LogP contribution is 2.34. The Morgan fingerprint density at radius 3 is 2.38 bits per heavy atom. The molecule has 1 saturated carbocycles. The molecule has 1 aliphatic carbocycles. The van der Waals surface area contributed by atoms with Gasteiger partial charge in [0.05, 0.1) is 6.10 Å². The fraction of sp³-hybridized carbons (Fsp3) is 0.571.